The van der Waals surface area contributed by atoms with Crippen molar-refractivity contribution in [1.82, 2.24) is 5.32 Å². The van der Waals surface area contributed by atoms with Crippen molar-refractivity contribution in [3.8, 4) is 0 Å². The predicted molar refractivity (Wildman–Crippen MR) is 393 cm³/mol. The molecule has 6 nitrogen and oxygen atoms in total. The Morgan fingerprint density at radius 1 is 0.315 bits per heavy atom. The van der Waals surface area contributed by atoms with Crippen LogP contribution in [0.2, 0.25) is 0 Å². The minimum atomic E-state index is -0.844. The fourth-order valence-corrected chi connectivity index (χ4v) is 13.0. The number of ether oxygens (including phenoxy) is 1. The summed E-state index contributed by atoms with van der Waals surface area (Å²) in [5.74, 6) is -0.0422. The lowest BCUT2D eigenvalue weighted by Crippen LogP contribution is -2.45. The Balaban J connectivity index is 3.38. The van der Waals surface area contributed by atoms with Crippen LogP contribution in [0, 0.1) is 0 Å². The topological polar surface area (TPSA) is 95.9 Å². The maximum atomic E-state index is 12.5. The molecule has 0 rings (SSSR count). The maximum Gasteiger partial charge on any atom is 0.305 e. The second-order valence-electron chi connectivity index (χ2n) is 28.1. The van der Waals surface area contributed by atoms with Gasteiger partial charge in [-0.25, -0.2) is 0 Å². The van der Waals surface area contributed by atoms with Crippen molar-refractivity contribution in [2.45, 2.75) is 469 Å². The zero-order valence-corrected chi connectivity index (χ0v) is 60.4. The van der Waals surface area contributed by atoms with Crippen LogP contribution in [0.15, 0.2) is 36.5 Å². The van der Waals surface area contributed by atoms with E-state index in [1.165, 1.54) is 385 Å². The second-order valence-corrected chi connectivity index (χ2v) is 28.1. The Morgan fingerprint density at radius 3 is 0.854 bits per heavy atom. The van der Waals surface area contributed by atoms with Gasteiger partial charge in [0.15, 0.2) is 0 Å². The highest BCUT2D eigenvalue weighted by Crippen LogP contribution is 2.20. The number of carbonyl (C=O) groups excluding carboxylic acids is 2. The maximum absolute atomic E-state index is 12.5. The lowest BCUT2D eigenvalue weighted by molar-refractivity contribution is -0.143. The summed E-state index contributed by atoms with van der Waals surface area (Å²) in [6, 6.07) is -0.628. The quantitative estimate of drug-likeness (QED) is 0.0320. The van der Waals surface area contributed by atoms with Crippen LogP contribution in [0.25, 0.3) is 0 Å². The van der Waals surface area contributed by atoms with Crippen LogP contribution in [0.4, 0.5) is 0 Å². The van der Waals surface area contributed by atoms with Gasteiger partial charge >= 0.3 is 5.97 Å². The van der Waals surface area contributed by atoms with Gasteiger partial charge in [0.2, 0.25) is 5.91 Å². The van der Waals surface area contributed by atoms with E-state index in [0.717, 1.165) is 44.9 Å². The van der Waals surface area contributed by atoms with E-state index in [9.17, 15) is 19.8 Å². The van der Waals surface area contributed by atoms with Crippen molar-refractivity contribution in [1.29, 1.82) is 0 Å². The summed E-state index contributed by atoms with van der Waals surface area (Å²) in [6.07, 6.45) is 103. The van der Waals surface area contributed by atoms with Gasteiger partial charge in [-0.3, -0.25) is 9.59 Å². The molecule has 89 heavy (non-hydrogen) atoms. The number of esters is 1. The highest BCUT2D eigenvalue weighted by molar-refractivity contribution is 5.76. The first-order chi connectivity index (χ1) is 44.0. The molecule has 0 bridgehead atoms. The van der Waals surface area contributed by atoms with E-state index in [1.807, 2.05) is 6.08 Å². The Kier molecular flexibility index (Phi) is 76.8. The third kappa shape index (κ3) is 75.0. The van der Waals surface area contributed by atoms with Crippen LogP contribution < -0.4 is 5.32 Å². The number of allylic oxidation sites excluding steroid dienone is 5. The zero-order chi connectivity index (χ0) is 64.2. The molecule has 0 fully saturated rings. The normalized spacial score (nSPS) is 12.6. The van der Waals surface area contributed by atoms with E-state index in [0.29, 0.717) is 19.4 Å². The van der Waals surface area contributed by atoms with Crippen LogP contribution in [-0.2, 0) is 14.3 Å². The van der Waals surface area contributed by atoms with Gasteiger partial charge in [0.05, 0.1) is 25.4 Å². The van der Waals surface area contributed by atoms with Gasteiger partial charge in [0, 0.05) is 12.8 Å². The predicted octanol–water partition coefficient (Wildman–Crippen LogP) is 27.0. The van der Waals surface area contributed by atoms with Gasteiger partial charge in [0.25, 0.3) is 0 Å². The first kappa shape index (κ1) is 87.1. The minimum Gasteiger partial charge on any atom is -0.466 e. The van der Waals surface area contributed by atoms with Crippen molar-refractivity contribution < 1.29 is 24.5 Å². The molecule has 6 heteroatoms. The van der Waals surface area contributed by atoms with Gasteiger partial charge in [-0.15, -0.1) is 0 Å². The summed E-state index contributed by atoms with van der Waals surface area (Å²) in [5.41, 5.74) is 0. The number of carbonyl (C=O) groups is 2. The molecule has 3 N–H and O–H groups in total. The molecular weight excluding hydrogens is 1090 g/mol. The lowest BCUT2D eigenvalue weighted by Gasteiger charge is -2.20. The molecule has 0 aliphatic carbocycles. The highest BCUT2D eigenvalue weighted by atomic mass is 16.5. The van der Waals surface area contributed by atoms with E-state index in [1.54, 1.807) is 6.08 Å². The fourth-order valence-electron chi connectivity index (χ4n) is 13.0. The molecule has 0 aliphatic rings. The third-order valence-electron chi connectivity index (χ3n) is 19.2. The summed E-state index contributed by atoms with van der Waals surface area (Å²) >= 11 is 0. The number of unbranched alkanes of at least 4 members (excludes halogenated alkanes) is 62. The molecule has 0 aromatic rings. The minimum absolute atomic E-state index is 0.0196. The summed E-state index contributed by atoms with van der Waals surface area (Å²) in [5, 5.41) is 23.3. The third-order valence-corrected chi connectivity index (χ3v) is 19.2. The van der Waals surface area contributed by atoms with Crippen LogP contribution >= 0.6 is 0 Å². The number of rotatable bonds is 77. The van der Waals surface area contributed by atoms with Crippen molar-refractivity contribution in [2.75, 3.05) is 13.2 Å². The molecule has 0 radical (unpaired) electrons. The van der Waals surface area contributed by atoms with Crippen LogP contribution in [0.1, 0.15) is 457 Å². The Labute approximate surface area is 557 Å². The SMILES string of the molecule is CCCCCCCCCCCCCCCCCCCC/C=C/C(O)C(CO)NC(=O)CCCCCCCCCCCCCCCCCCC/C=C\C/C=C\CCCCCCCCCCCOC(=O)CCCCCCCCCCCCCCCCCCCCC. The molecular formula is C83H159NO5. The fraction of sp³-hybridized carbons (Fsp3) is 0.904. The van der Waals surface area contributed by atoms with E-state index >= 15 is 0 Å². The highest BCUT2D eigenvalue weighted by Gasteiger charge is 2.18. The Hall–Kier alpha value is -1.92. The van der Waals surface area contributed by atoms with Crippen molar-refractivity contribution in [3.05, 3.63) is 36.5 Å². The van der Waals surface area contributed by atoms with E-state index in [2.05, 4.69) is 43.5 Å². The van der Waals surface area contributed by atoms with Gasteiger partial charge < -0.3 is 20.3 Å². The van der Waals surface area contributed by atoms with E-state index in [4.69, 9.17) is 4.74 Å². The van der Waals surface area contributed by atoms with Crippen LogP contribution in [0.3, 0.4) is 0 Å². The molecule has 0 heterocycles. The average molecular weight is 1250 g/mol. The smallest absolute Gasteiger partial charge is 0.305 e. The lowest BCUT2D eigenvalue weighted by atomic mass is 10.0. The summed E-state index contributed by atoms with van der Waals surface area (Å²) in [7, 11) is 0. The van der Waals surface area contributed by atoms with Crippen molar-refractivity contribution in [2.24, 2.45) is 0 Å². The van der Waals surface area contributed by atoms with Crippen LogP contribution in [0.5, 0.6) is 0 Å². The number of amides is 1. The standard InChI is InChI=1S/C83H159NO5/c1-3-5-7-9-11-13-15-17-19-21-23-40-43-47-51-55-59-63-67-71-75-81(86)80(79-85)84-82(87)76-72-68-64-60-56-52-48-44-41-37-35-33-31-29-27-25-24-26-28-30-32-34-36-38-42-46-50-54-58-62-66-70-74-78-89-83(88)77-73-69-65-61-57-53-49-45-39-22-20-18-16-14-12-10-8-6-4-2/h28,30,34,36,71,75,80-81,85-86H,3-27,29,31-33,35,37-70,72-74,76-79H2,1-2H3,(H,84,87)/b30-28-,36-34-,75-71+. The monoisotopic (exact) mass is 1250 g/mol. The van der Waals surface area contributed by atoms with Crippen LogP contribution in [-0.4, -0.2) is 47.4 Å². The molecule has 526 valence electrons. The van der Waals surface area contributed by atoms with Gasteiger partial charge in [-0.2, -0.15) is 0 Å². The molecule has 2 atom stereocenters. The first-order valence-electron chi connectivity index (χ1n) is 40.8. The summed E-state index contributed by atoms with van der Waals surface area (Å²) < 4.78 is 5.52. The zero-order valence-electron chi connectivity index (χ0n) is 60.4. The molecule has 0 saturated carbocycles. The van der Waals surface area contributed by atoms with E-state index < -0.39 is 12.1 Å². The average Bonchev–Trinajstić information content (AvgIpc) is 3.62. The largest absolute Gasteiger partial charge is 0.466 e. The molecule has 0 aromatic heterocycles. The summed E-state index contributed by atoms with van der Waals surface area (Å²) in [6.45, 7) is 4.96. The van der Waals surface area contributed by atoms with E-state index in [-0.39, 0.29) is 18.5 Å². The van der Waals surface area contributed by atoms with Gasteiger partial charge in [-0.05, 0) is 64.2 Å². The molecule has 0 saturated heterocycles. The van der Waals surface area contributed by atoms with Gasteiger partial charge in [0.1, 0.15) is 0 Å². The Bertz CT molecular complexity index is 1440. The number of aliphatic hydroxyl groups is 2. The summed E-state index contributed by atoms with van der Waals surface area (Å²) in [4.78, 5) is 24.7. The Morgan fingerprint density at radius 2 is 0.562 bits per heavy atom. The number of aliphatic hydroxyl groups excluding tert-OH is 2. The molecule has 0 aliphatic heterocycles. The molecule has 2 unspecified atom stereocenters. The van der Waals surface area contributed by atoms with Gasteiger partial charge in [-0.1, -0.05) is 416 Å². The number of nitrogens with one attached hydrogen (secondary N) is 1. The van der Waals surface area contributed by atoms with Crippen molar-refractivity contribution in [3.63, 3.8) is 0 Å². The number of hydrogen-bond donors (Lipinski definition) is 3. The second kappa shape index (κ2) is 78.5. The molecule has 0 spiro atoms. The number of hydrogen-bond acceptors (Lipinski definition) is 5. The molecule has 0 aromatic carbocycles. The van der Waals surface area contributed by atoms with Crippen molar-refractivity contribution >= 4 is 11.9 Å². The molecule has 1 amide bonds. The first-order valence-corrected chi connectivity index (χ1v) is 40.8.